The number of benzene rings is 1. The molecule has 19 heavy (non-hydrogen) atoms. The number of ether oxygens (including phenoxy) is 2. The lowest BCUT2D eigenvalue weighted by molar-refractivity contribution is 0.216. The second-order valence-corrected chi connectivity index (χ2v) is 4.74. The van der Waals surface area contributed by atoms with Crippen LogP contribution < -0.4 is 14.8 Å². The molecule has 108 valence electrons. The zero-order valence-corrected chi connectivity index (χ0v) is 12.4. The van der Waals surface area contributed by atoms with Crippen LogP contribution >= 0.6 is 0 Å². The Bertz CT molecular complexity index is 324. The third-order valence-corrected chi connectivity index (χ3v) is 2.86. The fourth-order valence-corrected chi connectivity index (χ4v) is 1.86. The lowest BCUT2D eigenvalue weighted by Gasteiger charge is -2.15. The highest BCUT2D eigenvalue weighted by Crippen LogP contribution is 2.18. The van der Waals surface area contributed by atoms with E-state index in [1.165, 1.54) is 19.3 Å². The second kappa shape index (κ2) is 9.68. The molecule has 1 unspecified atom stereocenters. The van der Waals surface area contributed by atoms with Crippen LogP contribution in [0, 0.1) is 0 Å². The van der Waals surface area contributed by atoms with Gasteiger partial charge in [-0.2, -0.15) is 0 Å². The van der Waals surface area contributed by atoms with E-state index in [0.717, 1.165) is 24.6 Å². The Kier molecular flexibility index (Phi) is 8.07. The standard InChI is InChI=1S/C16H27NO2/c1-4-6-7-12-17-13-14(3)19-16-10-8-15(9-11-16)18-5-2/h8-11,14,17H,4-7,12-13H2,1-3H3. The molecule has 0 amide bonds. The smallest absolute Gasteiger partial charge is 0.120 e. The molecular formula is C16H27NO2. The third kappa shape index (κ3) is 7.06. The van der Waals surface area contributed by atoms with E-state index in [2.05, 4.69) is 19.2 Å². The molecular weight excluding hydrogens is 238 g/mol. The van der Waals surface area contributed by atoms with Gasteiger partial charge in [-0.3, -0.25) is 0 Å². The van der Waals surface area contributed by atoms with Crippen LogP contribution in [0.1, 0.15) is 40.0 Å². The molecule has 1 aromatic carbocycles. The largest absolute Gasteiger partial charge is 0.494 e. The summed E-state index contributed by atoms with van der Waals surface area (Å²) >= 11 is 0. The molecule has 1 rings (SSSR count). The Morgan fingerprint density at radius 1 is 1.05 bits per heavy atom. The van der Waals surface area contributed by atoms with Crippen molar-refractivity contribution < 1.29 is 9.47 Å². The number of nitrogens with one attached hydrogen (secondary N) is 1. The van der Waals surface area contributed by atoms with Gasteiger partial charge in [0, 0.05) is 6.54 Å². The third-order valence-electron chi connectivity index (χ3n) is 2.86. The maximum Gasteiger partial charge on any atom is 0.120 e. The average molecular weight is 265 g/mol. The van der Waals surface area contributed by atoms with E-state index in [-0.39, 0.29) is 6.10 Å². The molecule has 1 aromatic rings. The van der Waals surface area contributed by atoms with Gasteiger partial charge in [-0.15, -0.1) is 0 Å². The molecule has 0 aromatic heterocycles. The summed E-state index contributed by atoms with van der Waals surface area (Å²) in [6, 6.07) is 7.80. The highest BCUT2D eigenvalue weighted by molar-refractivity contribution is 5.31. The minimum absolute atomic E-state index is 0.180. The van der Waals surface area contributed by atoms with E-state index < -0.39 is 0 Å². The van der Waals surface area contributed by atoms with Gasteiger partial charge in [0.25, 0.3) is 0 Å². The van der Waals surface area contributed by atoms with E-state index >= 15 is 0 Å². The van der Waals surface area contributed by atoms with Crippen molar-refractivity contribution in [3.05, 3.63) is 24.3 Å². The van der Waals surface area contributed by atoms with E-state index in [1.807, 2.05) is 31.2 Å². The first kappa shape index (κ1) is 15.8. The van der Waals surface area contributed by atoms with Crippen LogP contribution in [0.4, 0.5) is 0 Å². The van der Waals surface area contributed by atoms with Crippen LogP contribution in [0.2, 0.25) is 0 Å². The SMILES string of the molecule is CCCCCNCC(C)Oc1ccc(OCC)cc1. The topological polar surface area (TPSA) is 30.5 Å². The van der Waals surface area contributed by atoms with Crippen LogP contribution in [0.15, 0.2) is 24.3 Å². The maximum absolute atomic E-state index is 5.84. The van der Waals surface area contributed by atoms with E-state index in [0.29, 0.717) is 6.61 Å². The van der Waals surface area contributed by atoms with Crippen molar-refractivity contribution in [2.24, 2.45) is 0 Å². The van der Waals surface area contributed by atoms with Crippen molar-refractivity contribution in [1.29, 1.82) is 0 Å². The summed E-state index contributed by atoms with van der Waals surface area (Å²) < 4.78 is 11.2. The molecule has 0 bridgehead atoms. The monoisotopic (exact) mass is 265 g/mol. The Hall–Kier alpha value is -1.22. The first-order valence-electron chi connectivity index (χ1n) is 7.36. The lowest BCUT2D eigenvalue weighted by atomic mass is 10.2. The van der Waals surface area contributed by atoms with Gasteiger partial charge in [0.2, 0.25) is 0 Å². The van der Waals surface area contributed by atoms with Gasteiger partial charge < -0.3 is 14.8 Å². The first-order valence-corrected chi connectivity index (χ1v) is 7.36. The summed E-state index contributed by atoms with van der Waals surface area (Å²) in [6.45, 7) is 8.94. The molecule has 0 spiro atoms. The Labute approximate surface area is 117 Å². The highest BCUT2D eigenvalue weighted by Gasteiger charge is 2.03. The van der Waals surface area contributed by atoms with E-state index in [4.69, 9.17) is 9.47 Å². The molecule has 0 saturated heterocycles. The number of hydrogen-bond donors (Lipinski definition) is 1. The number of unbranched alkanes of at least 4 members (excludes halogenated alkanes) is 2. The van der Waals surface area contributed by atoms with Crippen LogP contribution in [0.25, 0.3) is 0 Å². The van der Waals surface area contributed by atoms with E-state index in [1.54, 1.807) is 0 Å². The van der Waals surface area contributed by atoms with Crippen molar-refractivity contribution in [2.75, 3.05) is 19.7 Å². The zero-order chi connectivity index (χ0) is 13.9. The Morgan fingerprint density at radius 3 is 2.37 bits per heavy atom. The van der Waals surface area contributed by atoms with Gasteiger partial charge in [-0.05, 0) is 51.1 Å². The van der Waals surface area contributed by atoms with E-state index in [9.17, 15) is 0 Å². The predicted octanol–water partition coefficient (Wildman–Crippen LogP) is 3.63. The molecule has 0 fully saturated rings. The van der Waals surface area contributed by atoms with Gasteiger partial charge in [0.15, 0.2) is 0 Å². The molecule has 0 aliphatic rings. The molecule has 0 radical (unpaired) electrons. The van der Waals surface area contributed by atoms with Gasteiger partial charge in [0.05, 0.1) is 6.61 Å². The normalized spacial score (nSPS) is 12.2. The highest BCUT2D eigenvalue weighted by atomic mass is 16.5. The fourth-order valence-electron chi connectivity index (χ4n) is 1.86. The second-order valence-electron chi connectivity index (χ2n) is 4.74. The van der Waals surface area contributed by atoms with Crippen LogP contribution in [-0.2, 0) is 0 Å². The summed E-state index contributed by atoms with van der Waals surface area (Å²) in [7, 11) is 0. The summed E-state index contributed by atoms with van der Waals surface area (Å²) in [6.07, 6.45) is 3.98. The quantitative estimate of drug-likeness (QED) is 0.655. The summed E-state index contributed by atoms with van der Waals surface area (Å²) in [5, 5.41) is 3.42. The minimum atomic E-state index is 0.180. The molecule has 1 N–H and O–H groups in total. The minimum Gasteiger partial charge on any atom is -0.494 e. The van der Waals surface area contributed by atoms with Crippen LogP contribution in [-0.4, -0.2) is 25.8 Å². The molecule has 0 heterocycles. The van der Waals surface area contributed by atoms with Crippen molar-refractivity contribution >= 4 is 0 Å². The Morgan fingerprint density at radius 2 is 1.74 bits per heavy atom. The van der Waals surface area contributed by atoms with Crippen molar-refractivity contribution in [3.63, 3.8) is 0 Å². The number of hydrogen-bond acceptors (Lipinski definition) is 3. The first-order chi connectivity index (χ1) is 9.26. The predicted molar refractivity (Wildman–Crippen MR) is 80.1 cm³/mol. The fraction of sp³-hybridized carbons (Fsp3) is 0.625. The van der Waals surface area contributed by atoms with Gasteiger partial charge >= 0.3 is 0 Å². The van der Waals surface area contributed by atoms with Crippen LogP contribution in [0.3, 0.4) is 0 Å². The van der Waals surface area contributed by atoms with Crippen molar-refractivity contribution in [3.8, 4) is 11.5 Å². The van der Waals surface area contributed by atoms with Gasteiger partial charge in [0.1, 0.15) is 17.6 Å². The summed E-state index contributed by atoms with van der Waals surface area (Å²) in [5.74, 6) is 1.78. The van der Waals surface area contributed by atoms with Crippen molar-refractivity contribution in [2.45, 2.75) is 46.1 Å². The number of rotatable bonds is 10. The van der Waals surface area contributed by atoms with Crippen molar-refractivity contribution in [1.82, 2.24) is 5.32 Å². The molecule has 3 heteroatoms. The van der Waals surface area contributed by atoms with Gasteiger partial charge in [-0.1, -0.05) is 19.8 Å². The molecule has 0 aliphatic heterocycles. The Balaban J connectivity index is 2.22. The maximum atomic E-state index is 5.84. The molecule has 1 atom stereocenters. The molecule has 0 aliphatic carbocycles. The summed E-state index contributed by atoms with van der Waals surface area (Å²) in [5.41, 5.74) is 0. The molecule has 0 saturated carbocycles. The van der Waals surface area contributed by atoms with Crippen LogP contribution in [0.5, 0.6) is 11.5 Å². The average Bonchev–Trinajstić information content (AvgIpc) is 2.41. The van der Waals surface area contributed by atoms with Gasteiger partial charge in [-0.25, -0.2) is 0 Å². The summed E-state index contributed by atoms with van der Waals surface area (Å²) in [4.78, 5) is 0. The lowest BCUT2D eigenvalue weighted by Crippen LogP contribution is -2.29. The zero-order valence-electron chi connectivity index (χ0n) is 12.4. The molecule has 3 nitrogen and oxygen atoms in total.